The largest absolute Gasteiger partial charge is 0.288 e. The number of fused-ring (bicyclic) bond motifs is 1. The van der Waals surface area contributed by atoms with Gasteiger partial charge in [0.1, 0.15) is 0 Å². The first-order valence-electron chi connectivity index (χ1n) is 8.17. The van der Waals surface area contributed by atoms with Gasteiger partial charge in [-0.2, -0.15) is 0 Å². The van der Waals surface area contributed by atoms with E-state index in [9.17, 15) is 0 Å². The monoisotopic (exact) mass is 325 g/mol. The summed E-state index contributed by atoms with van der Waals surface area (Å²) in [6.07, 6.45) is 0. The van der Waals surface area contributed by atoms with Gasteiger partial charge in [-0.1, -0.05) is 91.5 Å². The maximum atomic E-state index is 4.61. The van der Waals surface area contributed by atoms with Crippen LogP contribution < -0.4 is 15.6 Å². The topological polar surface area (TPSA) is 12.4 Å². The molecule has 0 saturated heterocycles. The summed E-state index contributed by atoms with van der Waals surface area (Å²) < 4.78 is 0. The van der Waals surface area contributed by atoms with Gasteiger partial charge in [0.25, 0.3) is 0 Å². The fraction of sp³-hybridized carbons (Fsp3) is 0.0455. The molecular weight excluding hydrogens is 306 g/mol. The quantitative estimate of drug-likeness (QED) is 0.643. The van der Waals surface area contributed by atoms with Crippen LogP contribution in [0.25, 0.3) is 0 Å². The van der Waals surface area contributed by atoms with Crippen LogP contribution in [-0.4, -0.2) is 20.8 Å². The smallest absolute Gasteiger partial charge is 0.181 e. The summed E-state index contributed by atoms with van der Waals surface area (Å²) >= 11 is 0. The highest BCUT2D eigenvalue weighted by Gasteiger charge is 2.50. The first kappa shape index (κ1) is 14.9. The summed E-state index contributed by atoms with van der Waals surface area (Å²) in [7, 11) is -0.445. The number of nitrogens with zero attached hydrogens (tertiary/aromatic N) is 1. The fourth-order valence-electron chi connectivity index (χ4n) is 3.98. The lowest BCUT2D eigenvalue weighted by atomic mass is 10.1. The summed E-state index contributed by atoms with van der Waals surface area (Å²) in [4.78, 5) is 4.61. The Morgan fingerprint density at radius 2 is 1.21 bits per heavy atom. The molecule has 3 aromatic carbocycles. The Labute approximate surface area is 144 Å². The molecule has 24 heavy (non-hydrogen) atoms. The van der Waals surface area contributed by atoms with E-state index in [1.165, 1.54) is 26.3 Å². The van der Waals surface area contributed by atoms with Gasteiger partial charge >= 0.3 is 0 Å². The molecular formula is C22H19NSi. The fourth-order valence-corrected chi connectivity index (χ4v) is 8.89. The SMILES string of the molecule is C=C1/C(=N\C)c2ccccc2[Si]1(c1ccccc1)c1ccccc1. The highest BCUT2D eigenvalue weighted by molar-refractivity contribution is 7.20. The minimum atomic E-state index is -2.32. The van der Waals surface area contributed by atoms with Crippen molar-refractivity contribution in [3.63, 3.8) is 0 Å². The Kier molecular flexibility index (Phi) is 3.55. The molecule has 0 saturated carbocycles. The van der Waals surface area contributed by atoms with Crippen molar-refractivity contribution in [1.29, 1.82) is 0 Å². The predicted octanol–water partition coefficient (Wildman–Crippen LogP) is 2.68. The summed E-state index contributed by atoms with van der Waals surface area (Å²) in [5.41, 5.74) is 2.30. The van der Waals surface area contributed by atoms with E-state index in [4.69, 9.17) is 0 Å². The normalized spacial score (nSPS) is 17.0. The van der Waals surface area contributed by atoms with Gasteiger partial charge in [0, 0.05) is 7.05 Å². The zero-order valence-corrected chi connectivity index (χ0v) is 14.7. The van der Waals surface area contributed by atoms with Crippen molar-refractivity contribution in [3.8, 4) is 0 Å². The first-order valence-corrected chi connectivity index (χ1v) is 10.2. The molecule has 0 fully saturated rings. The Balaban J connectivity index is 2.15. The molecule has 0 N–H and O–H groups in total. The third-order valence-corrected chi connectivity index (χ3v) is 9.75. The van der Waals surface area contributed by atoms with E-state index in [1.54, 1.807) is 0 Å². The van der Waals surface area contributed by atoms with Crippen LogP contribution in [0.3, 0.4) is 0 Å². The van der Waals surface area contributed by atoms with Crippen molar-refractivity contribution in [2.75, 3.05) is 7.05 Å². The Hall–Kier alpha value is -2.71. The zero-order chi connectivity index (χ0) is 16.6. The lowest BCUT2D eigenvalue weighted by molar-refractivity contribution is 1.44. The lowest BCUT2D eigenvalue weighted by Gasteiger charge is -2.30. The summed E-state index contributed by atoms with van der Waals surface area (Å²) in [5, 5.41) is 5.32. The standard InChI is InChI=1S/C22H19NSi/c1-17-22(23-2)20-15-9-10-16-21(20)24(17,18-11-5-3-6-12-18)19-13-7-4-8-14-19/h3-16H,1H2,2H3/b23-22+. The number of benzene rings is 3. The molecule has 0 atom stereocenters. The van der Waals surface area contributed by atoms with E-state index < -0.39 is 8.07 Å². The van der Waals surface area contributed by atoms with Crippen molar-refractivity contribution in [2.24, 2.45) is 4.99 Å². The molecule has 0 bridgehead atoms. The average Bonchev–Trinajstić information content (AvgIpc) is 2.91. The van der Waals surface area contributed by atoms with Gasteiger partial charge in [-0.05, 0) is 26.3 Å². The molecule has 1 nitrogen and oxygen atoms in total. The molecule has 0 unspecified atom stereocenters. The van der Waals surface area contributed by atoms with E-state index in [1.807, 2.05) is 7.05 Å². The molecule has 0 aliphatic carbocycles. The number of hydrogen-bond acceptors (Lipinski definition) is 1. The van der Waals surface area contributed by atoms with Crippen LogP contribution in [0, 0.1) is 0 Å². The van der Waals surface area contributed by atoms with Crippen LogP contribution in [0.4, 0.5) is 0 Å². The molecule has 1 heterocycles. The molecule has 1 aliphatic heterocycles. The summed E-state index contributed by atoms with van der Waals surface area (Å²) in [6.45, 7) is 4.56. The van der Waals surface area contributed by atoms with Crippen molar-refractivity contribution in [2.45, 2.75) is 0 Å². The van der Waals surface area contributed by atoms with Crippen LogP contribution >= 0.6 is 0 Å². The Morgan fingerprint density at radius 3 is 1.75 bits per heavy atom. The van der Waals surface area contributed by atoms with Gasteiger partial charge in [0.2, 0.25) is 0 Å². The van der Waals surface area contributed by atoms with Crippen LogP contribution in [0.2, 0.25) is 0 Å². The molecule has 0 aromatic heterocycles. The first-order chi connectivity index (χ1) is 11.8. The summed E-state index contributed by atoms with van der Waals surface area (Å²) in [5.74, 6) is 0. The molecule has 116 valence electrons. The Bertz CT molecular complexity index is 887. The Morgan fingerprint density at radius 1 is 0.708 bits per heavy atom. The van der Waals surface area contributed by atoms with Gasteiger partial charge in [-0.3, -0.25) is 4.99 Å². The van der Waals surface area contributed by atoms with Gasteiger partial charge in [0.15, 0.2) is 8.07 Å². The molecule has 0 radical (unpaired) electrons. The lowest BCUT2D eigenvalue weighted by Crippen LogP contribution is -2.66. The van der Waals surface area contributed by atoms with Crippen molar-refractivity contribution >= 4 is 29.3 Å². The highest BCUT2D eigenvalue weighted by atomic mass is 28.3. The number of aliphatic imine (C=N–C) groups is 1. The minimum Gasteiger partial charge on any atom is -0.288 e. The molecule has 0 amide bonds. The van der Waals surface area contributed by atoms with Gasteiger partial charge in [-0.15, -0.1) is 0 Å². The van der Waals surface area contributed by atoms with Gasteiger partial charge < -0.3 is 0 Å². The second-order valence-electron chi connectivity index (χ2n) is 6.08. The van der Waals surface area contributed by atoms with Gasteiger partial charge in [0.05, 0.1) is 5.71 Å². The summed E-state index contributed by atoms with van der Waals surface area (Å²) in [6, 6.07) is 30.4. The van der Waals surface area contributed by atoms with Crippen LogP contribution in [-0.2, 0) is 0 Å². The third-order valence-electron chi connectivity index (χ3n) is 4.96. The van der Waals surface area contributed by atoms with Crippen LogP contribution in [0.1, 0.15) is 5.56 Å². The minimum absolute atomic E-state index is 1.06. The highest BCUT2D eigenvalue weighted by Crippen LogP contribution is 2.27. The molecule has 0 spiro atoms. The molecule has 1 aliphatic rings. The molecule has 3 aromatic rings. The number of rotatable bonds is 2. The second-order valence-corrected chi connectivity index (χ2v) is 9.88. The van der Waals surface area contributed by atoms with E-state index in [2.05, 4.69) is 96.5 Å². The van der Waals surface area contributed by atoms with Crippen LogP contribution in [0.5, 0.6) is 0 Å². The average molecular weight is 325 g/mol. The predicted molar refractivity (Wildman–Crippen MR) is 106 cm³/mol. The van der Waals surface area contributed by atoms with Crippen molar-refractivity contribution in [1.82, 2.24) is 0 Å². The maximum Gasteiger partial charge on any atom is 0.181 e. The molecule has 4 rings (SSSR count). The van der Waals surface area contributed by atoms with E-state index >= 15 is 0 Å². The molecule has 2 heteroatoms. The third kappa shape index (κ3) is 1.90. The zero-order valence-electron chi connectivity index (χ0n) is 13.7. The van der Waals surface area contributed by atoms with E-state index in [0.717, 1.165) is 5.71 Å². The van der Waals surface area contributed by atoms with Crippen LogP contribution in [0.15, 0.2) is 102 Å². The van der Waals surface area contributed by atoms with E-state index in [-0.39, 0.29) is 0 Å². The van der Waals surface area contributed by atoms with Crippen molar-refractivity contribution in [3.05, 3.63) is 102 Å². The number of hydrogen-bond donors (Lipinski definition) is 0. The second kappa shape index (κ2) is 5.73. The van der Waals surface area contributed by atoms with Crippen molar-refractivity contribution < 1.29 is 0 Å². The van der Waals surface area contributed by atoms with E-state index in [0.29, 0.717) is 0 Å². The maximum absolute atomic E-state index is 4.61. The van der Waals surface area contributed by atoms with Gasteiger partial charge in [-0.25, -0.2) is 0 Å². The number of allylic oxidation sites excluding steroid dienone is 1.